The quantitative estimate of drug-likeness (QED) is 0.667. The van der Waals surface area contributed by atoms with Crippen molar-refractivity contribution in [3.05, 3.63) is 47.5 Å². The number of sulfonamides is 1. The lowest BCUT2D eigenvalue weighted by Gasteiger charge is -2.20. The van der Waals surface area contributed by atoms with Gasteiger partial charge in [-0.3, -0.25) is 4.79 Å². The molecule has 1 amide bonds. The Morgan fingerprint density at radius 1 is 0.968 bits per heavy atom. The standard InChI is InChI=1S/C22H28N2O6S/c1-15(18-13-16(28-2)7-9-20(18)29-3)23-22(25)19-14-17(8-10-21(19)30-4)31(26,27)24-11-5-6-12-24/h7-10,13-15H,5-6,11-12H2,1-4H3,(H,23,25)/t15-/m1/s1. The summed E-state index contributed by atoms with van der Waals surface area (Å²) in [6.07, 6.45) is 1.67. The first-order valence-electron chi connectivity index (χ1n) is 10.0. The van der Waals surface area contributed by atoms with E-state index in [1.54, 1.807) is 32.4 Å². The van der Waals surface area contributed by atoms with Crippen molar-refractivity contribution >= 4 is 15.9 Å². The number of methoxy groups -OCH3 is 3. The molecule has 2 aromatic carbocycles. The summed E-state index contributed by atoms with van der Waals surface area (Å²) in [7, 11) is 0.894. The molecular formula is C22H28N2O6S. The minimum atomic E-state index is -3.66. The maximum absolute atomic E-state index is 13.1. The van der Waals surface area contributed by atoms with Gasteiger partial charge in [-0.25, -0.2) is 8.42 Å². The number of nitrogens with zero attached hydrogens (tertiary/aromatic N) is 1. The van der Waals surface area contributed by atoms with Crippen LogP contribution < -0.4 is 19.5 Å². The van der Waals surface area contributed by atoms with Crippen LogP contribution in [-0.4, -0.2) is 53.0 Å². The number of hydrogen-bond donors (Lipinski definition) is 1. The first-order valence-corrected chi connectivity index (χ1v) is 11.5. The van der Waals surface area contributed by atoms with Crippen molar-refractivity contribution in [1.82, 2.24) is 9.62 Å². The second kappa shape index (κ2) is 9.57. The molecule has 3 rings (SSSR count). The van der Waals surface area contributed by atoms with Gasteiger partial charge in [0.1, 0.15) is 17.2 Å². The average Bonchev–Trinajstić information content (AvgIpc) is 3.34. The highest BCUT2D eigenvalue weighted by Gasteiger charge is 2.29. The molecule has 0 aromatic heterocycles. The zero-order valence-corrected chi connectivity index (χ0v) is 19.0. The zero-order valence-electron chi connectivity index (χ0n) is 18.2. The second-order valence-corrected chi connectivity index (χ2v) is 9.21. The molecule has 1 heterocycles. The van der Waals surface area contributed by atoms with E-state index in [4.69, 9.17) is 14.2 Å². The third-order valence-corrected chi connectivity index (χ3v) is 7.26. The van der Waals surface area contributed by atoms with E-state index in [1.807, 2.05) is 6.92 Å². The normalized spacial score (nSPS) is 15.4. The largest absolute Gasteiger partial charge is 0.497 e. The van der Waals surface area contributed by atoms with E-state index >= 15 is 0 Å². The summed E-state index contributed by atoms with van der Waals surface area (Å²) in [5.74, 6) is 1.08. The Labute approximate surface area is 183 Å². The summed E-state index contributed by atoms with van der Waals surface area (Å²) in [5.41, 5.74) is 0.881. The predicted molar refractivity (Wildman–Crippen MR) is 116 cm³/mol. The Balaban J connectivity index is 1.90. The lowest BCUT2D eigenvalue weighted by molar-refractivity contribution is 0.0936. The number of amides is 1. The number of ether oxygens (including phenoxy) is 3. The fourth-order valence-corrected chi connectivity index (χ4v) is 5.18. The Hall–Kier alpha value is -2.78. The molecule has 2 aromatic rings. The van der Waals surface area contributed by atoms with Crippen molar-refractivity contribution in [1.29, 1.82) is 0 Å². The van der Waals surface area contributed by atoms with Crippen molar-refractivity contribution in [3.63, 3.8) is 0 Å². The van der Waals surface area contributed by atoms with E-state index in [0.29, 0.717) is 30.3 Å². The number of nitrogens with one attached hydrogen (secondary N) is 1. The molecular weight excluding hydrogens is 420 g/mol. The highest BCUT2D eigenvalue weighted by atomic mass is 32.2. The minimum Gasteiger partial charge on any atom is -0.497 e. The van der Waals surface area contributed by atoms with Crippen LogP contribution >= 0.6 is 0 Å². The number of carbonyl (C=O) groups excluding carboxylic acids is 1. The van der Waals surface area contributed by atoms with Crippen LogP contribution in [0.1, 0.15) is 41.7 Å². The number of benzene rings is 2. The van der Waals surface area contributed by atoms with Crippen LogP contribution in [0.5, 0.6) is 17.2 Å². The number of carbonyl (C=O) groups is 1. The molecule has 31 heavy (non-hydrogen) atoms. The number of hydrogen-bond acceptors (Lipinski definition) is 6. The van der Waals surface area contributed by atoms with Crippen LogP contribution in [0.3, 0.4) is 0 Å². The van der Waals surface area contributed by atoms with E-state index in [2.05, 4.69) is 5.32 Å². The molecule has 1 aliphatic heterocycles. The van der Waals surface area contributed by atoms with Gasteiger partial charge in [0.25, 0.3) is 5.91 Å². The van der Waals surface area contributed by atoms with Gasteiger partial charge in [0.2, 0.25) is 10.0 Å². The summed E-state index contributed by atoms with van der Waals surface area (Å²) in [6, 6.07) is 9.24. The molecule has 1 fully saturated rings. The van der Waals surface area contributed by atoms with Gasteiger partial charge in [-0.2, -0.15) is 4.31 Å². The van der Waals surface area contributed by atoms with Crippen LogP contribution in [0.2, 0.25) is 0 Å². The molecule has 0 radical (unpaired) electrons. The molecule has 1 N–H and O–H groups in total. The molecule has 0 bridgehead atoms. The number of rotatable bonds is 8. The summed E-state index contributed by atoms with van der Waals surface area (Å²) < 4.78 is 43.3. The van der Waals surface area contributed by atoms with E-state index < -0.39 is 22.0 Å². The van der Waals surface area contributed by atoms with Crippen molar-refractivity contribution in [2.45, 2.75) is 30.7 Å². The molecule has 168 valence electrons. The first-order chi connectivity index (χ1) is 14.8. The van der Waals surface area contributed by atoms with Crippen LogP contribution in [-0.2, 0) is 10.0 Å². The van der Waals surface area contributed by atoms with Crippen molar-refractivity contribution in [2.75, 3.05) is 34.4 Å². The minimum absolute atomic E-state index is 0.0759. The third kappa shape index (κ3) is 4.77. The smallest absolute Gasteiger partial charge is 0.255 e. The van der Waals surface area contributed by atoms with Gasteiger partial charge >= 0.3 is 0 Å². The SMILES string of the molecule is COc1ccc(OC)c([C@@H](C)NC(=O)c2cc(S(=O)(=O)N3CCCC3)ccc2OC)c1. The van der Waals surface area contributed by atoms with Crippen molar-refractivity contribution in [2.24, 2.45) is 0 Å². The van der Waals surface area contributed by atoms with E-state index in [1.165, 1.54) is 29.6 Å². The maximum Gasteiger partial charge on any atom is 0.255 e. The van der Waals surface area contributed by atoms with Crippen LogP contribution in [0, 0.1) is 0 Å². The van der Waals surface area contributed by atoms with E-state index in [0.717, 1.165) is 18.4 Å². The Morgan fingerprint density at radius 3 is 2.23 bits per heavy atom. The van der Waals surface area contributed by atoms with Crippen LogP contribution in [0.15, 0.2) is 41.3 Å². The van der Waals surface area contributed by atoms with Gasteiger partial charge in [0.15, 0.2) is 0 Å². The van der Waals surface area contributed by atoms with Gasteiger partial charge in [-0.15, -0.1) is 0 Å². The highest BCUT2D eigenvalue weighted by molar-refractivity contribution is 7.89. The molecule has 0 aliphatic carbocycles. The lowest BCUT2D eigenvalue weighted by Crippen LogP contribution is -2.29. The maximum atomic E-state index is 13.1. The van der Waals surface area contributed by atoms with Gasteiger partial charge in [0, 0.05) is 18.7 Å². The Morgan fingerprint density at radius 2 is 1.61 bits per heavy atom. The highest BCUT2D eigenvalue weighted by Crippen LogP contribution is 2.31. The predicted octanol–water partition coefficient (Wildman–Crippen LogP) is 2.99. The second-order valence-electron chi connectivity index (χ2n) is 7.28. The topological polar surface area (TPSA) is 94.2 Å². The third-order valence-electron chi connectivity index (χ3n) is 5.37. The molecule has 0 unspecified atom stereocenters. The average molecular weight is 449 g/mol. The monoisotopic (exact) mass is 448 g/mol. The molecule has 1 saturated heterocycles. The molecule has 9 heteroatoms. The van der Waals surface area contributed by atoms with E-state index in [-0.39, 0.29) is 10.5 Å². The molecule has 1 atom stereocenters. The first kappa shape index (κ1) is 22.9. The molecule has 8 nitrogen and oxygen atoms in total. The molecule has 0 saturated carbocycles. The van der Waals surface area contributed by atoms with Crippen molar-refractivity contribution < 1.29 is 27.4 Å². The van der Waals surface area contributed by atoms with Crippen molar-refractivity contribution in [3.8, 4) is 17.2 Å². The van der Waals surface area contributed by atoms with Crippen LogP contribution in [0.25, 0.3) is 0 Å². The fourth-order valence-electron chi connectivity index (χ4n) is 3.63. The van der Waals surface area contributed by atoms with E-state index in [9.17, 15) is 13.2 Å². The summed E-state index contributed by atoms with van der Waals surface area (Å²) in [4.78, 5) is 13.2. The summed E-state index contributed by atoms with van der Waals surface area (Å²) >= 11 is 0. The Bertz CT molecular complexity index is 1050. The van der Waals surface area contributed by atoms with Gasteiger partial charge < -0.3 is 19.5 Å². The molecule has 0 spiro atoms. The van der Waals surface area contributed by atoms with Crippen LogP contribution in [0.4, 0.5) is 0 Å². The Kier molecular flexibility index (Phi) is 7.07. The fraction of sp³-hybridized carbons (Fsp3) is 0.409. The van der Waals surface area contributed by atoms with Gasteiger partial charge in [-0.05, 0) is 56.2 Å². The lowest BCUT2D eigenvalue weighted by atomic mass is 10.1. The molecule has 1 aliphatic rings. The summed E-state index contributed by atoms with van der Waals surface area (Å²) in [6.45, 7) is 2.79. The summed E-state index contributed by atoms with van der Waals surface area (Å²) in [5, 5.41) is 2.90. The zero-order chi connectivity index (χ0) is 22.6. The van der Waals surface area contributed by atoms with Gasteiger partial charge in [0.05, 0.1) is 37.8 Å². The van der Waals surface area contributed by atoms with Gasteiger partial charge in [-0.1, -0.05) is 0 Å².